The van der Waals surface area contributed by atoms with E-state index in [9.17, 15) is 14.3 Å². The molecule has 18 heavy (non-hydrogen) atoms. The fourth-order valence-electron chi connectivity index (χ4n) is 1.52. The first kappa shape index (κ1) is 12.1. The summed E-state index contributed by atoms with van der Waals surface area (Å²) in [5.74, 6) is -1.47. The molecule has 3 nitrogen and oxygen atoms in total. The van der Waals surface area contributed by atoms with E-state index in [1.807, 2.05) is 30.3 Å². The molecule has 0 aromatic heterocycles. The molecule has 1 N–H and O–H groups in total. The van der Waals surface area contributed by atoms with Crippen molar-refractivity contribution in [3.8, 4) is 11.5 Å². The van der Waals surface area contributed by atoms with Crippen LogP contribution in [0.3, 0.4) is 0 Å². The molecule has 2 aromatic rings. The van der Waals surface area contributed by atoms with E-state index in [0.29, 0.717) is 6.29 Å². The molecular weight excluding hydrogens is 235 g/mol. The summed E-state index contributed by atoms with van der Waals surface area (Å²) in [5.41, 5.74) is 0.698. The lowest BCUT2D eigenvalue weighted by molar-refractivity contribution is 0.111. The monoisotopic (exact) mass is 246 g/mol. The van der Waals surface area contributed by atoms with Crippen LogP contribution in [0.25, 0.3) is 0 Å². The third-order valence-electron chi connectivity index (χ3n) is 2.46. The van der Waals surface area contributed by atoms with Gasteiger partial charge in [-0.3, -0.25) is 4.79 Å². The van der Waals surface area contributed by atoms with Gasteiger partial charge in [0.15, 0.2) is 23.6 Å². The van der Waals surface area contributed by atoms with Crippen molar-refractivity contribution in [2.45, 2.75) is 6.61 Å². The van der Waals surface area contributed by atoms with Gasteiger partial charge in [0.05, 0.1) is 5.56 Å². The molecule has 0 spiro atoms. The molecule has 2 rings (SSSR count). The maximum Gasteiger partial charge on any atom is 0.197 e. The van der Waals surface area contributed by atoms with Crippen molar-refractivity contribution in [3.05, 3.63) is 59.4 Å². The predicted octanol–water partition coefficient (Wildman–Crippen LogP) is 2.92. The second kappa shape index (κ2) is 5.31. The van der Waals surface area contributed by atoms with Gasteiger partial charge in [-0.05, 0) is 17.7 Å². The number of rotatable bonds is 4. The highest BCUT2D eigenvalue weighted by Crippen LogP contribution is 2.31. The second-order valence-corrected chi connectivity index (χ2v) is 3.71. The van der Waals surface area contributed by atoms with Crippen LogP contribution >= 0.6 is 0 Å². The molecule has 0 amide bonds. The highest BCUT2D eigenvalue weighted by molar-refractivity contribution is 5.77. The number of aldehydes is 1. The van der Waals surface area contributed by atoms with E-state index in [4.69, 9.17) is 4.74 Å². The van der Waals surface area contributed by atoms with Crippen molar-refractivity contribution in [2.75, 3.05) is 0 Å². The summed E-state index contributed by atoms with van der Waals surface area (Å²) in [6, 6.07) is 11.6. The topological polar surface area (TPSA) is 46.5 Å². The van der Waals surface area contributed by atoms with Gasteiger partial charge in [-0.15, -0.1) is 0 Å². The van der Waals surface area contributed by atoms with Crippen LogP contribution in [0.5, 0.6) is 11.5 Å². The first-order valence-corrected chi connectivity index (χ1v) is 5.35. The molecule has 0 atom stereocenters. The van der Waals surface area contributed by atoms with Crippen molar-refractivity contribution in [1.29, 1.82) is 0 Å². The van der Waals surface area contributed by atoms with Crippen LogP contribution in [0.4, 0.5) is 4.39 Å². The number of carbonyl (C=O) groups excluding carboxylic acids is 1. The third kappa shape index (κ3) is 2.48. The average molecular weight is 246 g/mol. The van der Waals surface area contributed by atoms with Gasteiger partial charge in [0, 0.05) is 0 Å². The Morgan fingerprint density at radius 1 is 1.17 bits per heavy atom. The van der Waals surface area contributed by atoms with Crippen molar-refractivity contribution in [1.82, 2.24) is 0 Å². The molecule has 0 heterocycles. The summed E-state index contributed by atoms with van der Waals surface area (Å²) < 4.78 is 18.9. The van der Waals surface area contributed by atoms with Gasteiger partial charge >= 0.3 is 0 Å². The summed E-state index contributed by atoms with van der Waals surface area (Å²) in [4.78, 5) is 10.6. The van der Waals surface area contributed by atoms with Gasteiger partial charge in [0.1, 0.15) is 6.61 Å². The molecule has 0 fully saturated rings. The maximum absolute atomic E-state index is 13.7. The smallest absolute Gasteiger partial charge is 0.197 e. The first-order valence-electron chi connectivity index (χ1n) is 5.35. The predicted molar refractivity (Wildman–Crippen MR) is 64.2 cm³/mol. The zero-order chi connectivity index (χ0) is 13.0. The number of halogens is 1. The summed E-state index contributed by atoms with van der Waals surface area (Å²) in [5, 5.41) is 9.51. The number of benzene rings is 2. The minimum atomic E-state index is -0.846. The van der Waals surface area contributed by atoms with Crippen LogP contribution in [0.1, 0.15) is 15.9 Å². The van der Waals surface area contributed by atoms with E-state index in [-0.39, 0.29) is 23.7 Å². The summed E-state index contributed by atoms with van der Waals surface area (Å²) in [6.07, 6.45) is 0.379. The lowest BCUT2D eigenvalue weighted by atomic mass is 10.2. The molecule has 0 aliphatic carbocycles. The van der Waals surface area contributed by atoms with Gasteiger partial charge in [0.2, 0.25) is 0 Å². The Morgan fingerprint density at radius 2 is 1.89 bits per heavy atom. The van der Waals surface area contributed by atoms with Crippen molar-refractivity contribution >= 4 is 6.29 Å². The molecule has 0 saturated heterocycles. The number of carbonyl (C=O) groups is 1. The molecule has 0 bridgehead atoms. The van der Waals surface area contributed by atoms with E-state index < -0.39 is 5.82 Å². The van der Waals surface area contributed by atoms with E-state index in [1.165, 1.54) is 12.1 Å². The number of phenolic OH excluding ortho intramolecular Hbond substituents is 1. The van der Waals surface area contributed by atoms with Gasteiger partial charge < -0.3 is 9.84 Å². The van der Waals surface area contributed by atoms with Crippen LogP contribution in [-0.2, 0) is 6.61 Å². The number of hydrogen-bond donors (Lipinski definition) is 1. The van der Waals surface area contributed by atoms with Crippen molar-refractivity contribution in [2.24, 2.45) is 0 Å². The molecular formula is C14H11FO3. The number of aromatic hydroxyl groups is 1. The van der Waals surface area contributed by atoms with E-state index in [0.717, 1.165) is 5.56 Å². The van der Waals surface area contributed by atoms with E-state index in [2.05, 4.69) is 0 Å². The summed E-state index contributed by atoms with van der Waals surface area (Å²) in [6.45, 7) is 0.119. The van der Waals surface area contributed by atoms with Gasteiger partial charge in [-0.2, -0.15) is 0 Å². The Bertz CT molecular complexity index is 552. The minimum absolute atomic E-state index is 0.119. The minimum Gasteiger partial charge on any atom is -0.504 e. The van der Waals surface area contributed by atoms with Gasteiger partial charge in [-0.1, -0.05) is 30.3 Å². The third-order valence-corrected chi connectivity index (χ3v) is 2.46. The lowest BCUT2D eigenvalue weighted by Crippen LogP contribution is -2.00. The largest absolute Gasteiger partial charge is 0.504 e. The Balaban J connectivity index is 2.21. The average Bonchev–Trinajstić information content (AvgIpc) is 2.40. The normalized spacial score (nSPS) is 10.1. The highest BCUT2D eigenvalue weighted by Gasteiger charge is 2.14. The molecule has 4 heteroatoms. The van der Waals surface area contributed by atoms with Gasteiger partial charge in [-0.25, -0.2) is 4.39 Å². The Kier molecular flexibility index (Phi) is 3.57. The summed E-state index contributed by atoms with van der Waals surface area (Å²) in [7, 11) is 0. The second-order valence-electron chi connectivity index (χ2n) is 3.71. The zero-order valence-corrected chi connectivity index (χ0v) is 9.47. The zero-order valence-electron chi connectivity index (χ0n) is 9.47. The highest BCUT2D eigenvalue weighted by atomic mass is 19.1. The SMILES string of the molecule is O=Cc1ccc(O)c(OCc2ccccc2)c1F. The van der Waals surface area contributed by atoms with Gasteiger partial charge in [0.25, 0.3) is 0 Å². The van der Waals surface area contributed by atoms with E-state index >= 15 is 0 Å². The summed E-state index contributed by atoms with van der Waals surface area (Å²) >= 11 is 0. The molecule has 0 aliphatic rings. The first-order chi connectivity index (χ1) is 8.72. The van der Waals surface area contributed by atoms with Crippen molar-refractivity contribution < 1.29 is 19.0 Å². The maximum atomic E-state index is 13.7. The molecule has 2 aromatic carbocycles. The van der Waals surface area contributed by atoms with Crippen LogP contribution in [-0.4, -0.2) is 11.4 Å². The molecule has 0 aliphatic heterocycles. The van der Waals surface area contributed by atoms with Crippen LogP contribution in [0, 0.1) is 5.82 Å². The van der Waals surface area contributed by atoms with Crippen LogP contribution in [0.2, 0.25) is 0 Å². The molecule has 92 valence electrons. The fourth-order valence-corrected chi connectivity index (χ4v) is 1.52. The number of phenols is 1. The Morgan fingerprint density at radius 3 is 2.56 bits per heavy atom. The molecule has 0 unspecified atom stereocenters. The Hall–Kier alpha value is -2.36. The van der Waals surface area contributed by atoms with Crippen molar-refractivity contribution in [3.63, 3.8) is 0 Å². The quantitative estimate of drug-likeness (QED) is 0.844. The fraction of sp³-hybridized carbons (Fsp3) is 0.0714. The molecule has 0 radical (unpaired) electrons. The van der Waals surface area contributed by atoms with Crippen LogP contribution < -0.4 is 4.74 Å². The van der Waals surface area contributed by atoms with Crippen LogP contribution in [0.15, 0.2) is 42.5 Å². The Labute approximate surface area is 103 Å². The molecule has 0 saturated carbocycles. The van der Waals surface area contributed by atoms with E-state index in [1.54, 1.807) is 0 Å². The number of hydrogen-bond acceptors (Lipinski definition) is 3. The standard InChI is InChI=1S/C14H11FO3/c15-13-11(8-16)6-7-12(17)14(13)18-9-10-4-2-1-3-5-10/h1-8,17H,9H2. The number of ether oxygens (including phenoxy) is 1. The lowest BCUT2D eigenvalue weighted by Gasteiger charge is -2.10.